The minimum absolute atomic E-state index is 1.09. The summed E-state index contributed by atoms with van der Waals surface area (Å²) in [4.78, 5) is 0. The topological polar surface area (TPSA) is 0 Å². The molecule has 0 N–H and O–H groups in total. The summed E-state index contributed by atoms with van der Waals surface area (Å²) in [6, 6.07) is 15.2. The molecule has 0 radical (unpaired) electrons. The van der Waals surface area contributed by atoms with Crippen molar-refractivity contribution in [2.45, 2.75) is 26.2 Å². The monoisotopic (exact) mass is 366 g/mol. The van der Waals surface area contributed by atoms with E-state index in [1.807, 2.05) is 0 Å². The van der Waals surface area contributed by atoms with Crippen LogP contribution < -0.4 is 0 Å². The number of hydrogen-bond acceptors (Lipinski definition) is 0. The van der Waals surface area contributed by atoms with Crippen molar-refractivity contribution in [1.82, 2.24) is 0 Å². The molecule has 0 aliphatic rings. The quantitative estimate of drug-likeness (QED) is 0.601. The van der Waals surface area contributed by atoms with Gasteiger partial charge in [0.05, 0.1) is 0 Å². The average molecular weight is 368 g/mol. The second-order valence-corrected chi connectivity index (χ2v) is 6.14. The molecule has 2 aromatic carbocycles. The van der Waals surface area contributed by atoms with Gasteiger partial charge in [-0.3, -0.25) is 0 Å². The Hall–Kier alpha value is -0.600. The molecule has 0 saturated heterocycles. The smallest absolute Gasteiger partial charge is 0.0323 e. The highest BCUT2D eigenvalue weighted by molar-refractivity contribution is 9.13. The fourth-order valence-electron chi connectivity index (χ4n) is 1.92. The van der Waals surface area contributed by atoms with Crippen LogP contribution in [0, 0.1) is 0 Å². The van der Waals surface area contributed by atoms with Crippen molar-refractivity contribution < 1.29 is 0 Å². The van der Waals surface area contributed by atoms with Crippen molar-refractivity contribution in [2.75, 3.05) is 0 Å². The van der Waals surface area contributed by atoms with E-state index in [2.05, 4.69) is 81.2 Å². The van der Waals surface area contributed by atoms with E-state index < -0.39 is 0 Å². The van der Waals surface area contributed by atoms with Crippen LogP contribution in [0.25, 0.3) is 11.1 Å². The average Bonchev–Trinajstić information content (AvgIpc) is 2.40. The summed E-state index contributed by atoms with van der Waals surface area (Å²) in [5.41, 5.74) is 3.94. The number of benzene rings is 2. The zero-order valence-corrected chi connectivity index (χ0v) is 13.6. The molecule has 94 valence electrons. The van der Waals surface area contributed by atoms with Crippen molar-refractivity contribution in [3.63, 3.8) is 0 Å². The Balaban J connectivity index is 2.20. The predicted octanol–water partition coefficient (Wildman–Crippen LogP) is 6.22. The third kappa shape index (κ3) is 3.46. The maximum absolute atomic E-state index is 3.55. The highest BCUT2D eigenvalue weighted by Crippen LogP contribution is 2.29. The first-order chi connectivity index (χ1) is 8.70. The first kappa shape index (κ1) is 13.8. The lowest BCUT2D eigenvalue weighted by atomic mass is 10.0. The van der Waals surface area contributed by atoms with Gasteiger partial charge in [-0.25, -0.2) is 0 Å². The summed E-state index contributed by atoms with van der Waals surface area (Å²) in [6.45, 7) is 2.23. The van der Waals surface area contributed by atoms with E-state index in [0.29, 0.717) is 0 Å². The Kier molecular flexibility index (Phi) is 5.02. The summed E-state index contributed by atoms with van der Waals surface area (Å²) < 4.78 is 2.18. The van der Waals surface area contributed by atoms with Gasteiger partial charge in [0, 0.05) is 8.95 Å². The first-order valence-corrected chi connectivity index (χ1v) is 7.83. The third-order valence-electron chi connectivity index (χ3n) is 3.03. The summed E-state index contributed by atoms with van der Waals surface area (Å²) in [6.07, 6.45) is 3.70. The van der Waals surface area contributed by atoms with E-state index in [1.54, 1.807) is 0 Å². The van der Waals surface area contributed by atoms with Crippen LogP contribution in [0.15, 0.2) is 51.4 Å². The molecule has 0 spiro atoms. The van der Waals surface area contributed by atoms with Gasteiger partial charge in [0.25, 0.3) is 0 Å². The van der Waals surface area contributed by atoms with Gasteiger partial charge in [-0.2, -0.15) is 0 Å². The normalized spacial score (nSPS) is 10.6. The van der Waals surface area contributed by atoms with Crippen molar-refractivity contribution >= 4 is 31.9 Å². The van der Waals surface area contributed by atoms with Crippen LogP contribution in [0.5, 0.6) is 0 Å². The second kappa shape index (κ2) is 6.53. The fraction of sp³-hybridized carbons (Fsp3) is 0.250. The molecule has 0 aliphatic carbocycles. The van der Waals surface area contributed by atoms with Crippen LogP contribution in [0.1, 0.15) is 25.3 Å². The van der Waals surface area contributed by atoms with Crippen molar-refractivity contribution in [3.8, 4) is 11.1 Å². The fourth-order valence-corrected chi connectivity index (χ4v) is 2.55. The zero-order valence-electron chi connectivity index (χ0n) is 10.4. The molecule has 2 heteroatoms. The van der Waals surface area contributed by atoms with Crippen molar-refractivity contribution in [2.24, 2.45) is 0 Å². The first-order valence-electron chi connectivity index (χ1n) is 6.25. The minimum Gasteiger partial charge on any atom is -0.0654 e. The maximum atomic E-state index is 3.55. The lowest BCUT2D eigenvalue weighted by Crippen LogP contribution is -1.85. The highest BCUT2D eigenvalue weighted by Gasteiger charge is 2.01. The van der Waals surface area contributed by atoms with E-state index in [4.69, 9.17) is 0 Å². The largest absolute Gasteiger partial charge is 0.0654 e. The Morgan fingerprint density at radius 2 is 1.50 bits per heavy atom. The Morgan fingerprint density at radius 3 is 2.11 bits per heavy atom. The van der Waals surface area contributed by atoms with Gasteiger partial charge in [0.1, 0.15) is 0 Å². The summed E-state index contributed by atoms with van der Waals surface area (Å²) in [7, 11) is 0. The number of rotatable bonds is 4. The van der Waals surface area contributed by atoms with Gasteiger partial charge >= 0.3 is 0 Å². The van der Waals surface area contributed by atoms with Gasteiger partial charge in [-0.15, -0.1) is 0 Å². The predicted molar refractivity (Wildman–Crippen MR) is 85.9 cm³/mol. The Labute approximate surface area is 126 Å². The maximum Gasteiger partial charge on any atom is 0.0323 e. The Morgan fingerprint density at radius 1 is 0.833 bits per heavy atom. The number of hydrogen-bond donors (Lipinski definition) is 0. The third-order valence-corrected chi connectivity index (χ3v) is 4.91. The van der Waals surface area contributed by atoms with Crippen LogP contribution in [0.2, 0.25) is 0 Å². The van der Waals surface area contributed by atoms with Crippen molar-refractivity contribution in [3.05, 3.63) is 57.0 Å². The van der Waals surface area contributed by atoms with Crippen LogP contribution >= 0.6 is 31.9 Å². The summed E-state index contributed by atoms with van der Waals surface area (Å²) in [5, 5.41) is 0. The summed E-state index contributed by atoms with van der Waals surface area (Å²) in [5.74, 6) is 0. The van der Waals surface area contributed by atoms with Crippen LogP contribution in [0.4, 0.5) is 0 Å². The van der Waals surface area contributed by atoms with Gasteiger partial charge in [-0.1, -0.05) is 43.7 Å². The number of aryl methyl sites for hydroxylation is 1. The molecular formula is C16H16Br2. The molecule has 2 aromatic rings. The highest BCUT2D eigenvalue weighted by atomic mass is 79.9. The van der Waals surface area contributed by atoms with E-state index in [0.717, 1.165) is 8.95 Å². The van der Waals surface area contributed by atoms with Gasteiger partial charge < -0.3 is 0 Å². The lowest BCUT2D eigenvalue weighted by Gasteiger charge is -2.06. The van der Waals surface area contributed by atoms with E-state index in [1.165, 1.54) is 36.0 Å². The number of unbranched alkanes of at least 4 members (excludes halogenated alkanes) is 1. The molecule has 2 rings (SSSR count). The molecule has 0 fully saturated rings. The molecule has 0 saturated carbocycles. The lowest BCUT2D eigenvalue weighted by molar-refractivity contribution is 0.795. The van der Waals surface area contributed by atoms with E-state index >= 15 is 0 Å². The zero-order chi connectivity index (χ0) is 13.0. The molecule has 0 heterocycles. The standard InChI is InChI=1S/C16H16Br2/c1-2-3-4-12-5-7-13(8-6-12)14-9-10-15(17)16(18)11-14/h5-11H,2-4H2,1H3. The molecule has 0 amide bonds. The van der Waals surface area contributed by atoms with E-state index in [9.17, 15) is 0 Å². The van der Waals surface area contributed by atoms with Crippen LogP contribution in [-0.2, 0) is 6.42 Å². The molecule has 0 aliphatic heterocycles. The van der Waals surface area contributed by atoms with Crippen LogP contribution in [0.3, 0.4) is 0 Å². The molecular weight excluding hydrogens is 352 g/mol. The van der Waals surface area contributed by atoms with Crippen LogP contribution in [-0.4, -0.2) is 0 Å². The molecule has 0 unspecified atom stereocenters. The van der Waals surface area contributed by atoms with Gasteiger partial charge in [0.15, 0.2) is 0 Å². The minimum atomic E-state index is 1.09. The van der Waals surface area contributed by atoms with E-state index in [-0.39, 0.29) is 0 Å². The second-order valence-electron chi connectivity index (χ2n) is 4.43. The molecule has 0 nitrogen and oxygen atoms in total. The summed E-state index contributed by atoms with van der Waals surface area (Å²) >= 11 is 7.04. The molecule has 18 heavy (non-hydrogen) atoms. The molecule has 0 bridgehead atoms. The van der Waals surface area contributed by atoms with Gasteiger partial charge in [0.2, 0.25) is 0 Å². The molecule has 0 aromatic heterocycles. The van der Waals surface area contributed by atoms with Gasteiger partial charge in [-0.05, 0) is 73.5 Å². The Bertz CT molecular complexity index is 515. The molecule has 0 atom stereocenters. The van der Waals surface area contributed by atoms with Crippen molar-refractivity contribution in [1.29, 1.82) is 0 Å². The number of halogens is 2. The SMILES string of the molecule is CCCCc1ccc(-c2ccc(Br)c(Br)c2)cc1.